The predicted molar refractivity (Wildman–Crippen MR) is 71.3 cm³/mol. The molecule has 0 amide bonds. The van der Waals surface area contributed by atoms with Gasteiger partial charge in [0.25, 0.3) is 0 Å². The molecule has 1 saturated carbocycles. The third-order valence-corrected chi connectivity index (χ3v) is 3.95. The first kappa shape index (κ1) is 14.9. The second kappa shape index (κ2) is 6.31. The molecule has 3 unspecified atom stereocenters. The minimum Gasteiger partial charge on any atom is -0.481 e. The van der Waals surface area contributed by atoms with E-state index in [0.717, 1.165) is 18.9 Å². The quantitative estimate of drug-likeness (QED) is 0.891. The summed E-state index contributed by atoms with van der Waals surface area (Å²) in [6.45, 7) is 1.87. The molecule has 0 aromatic heterocycles. The van der Waals surface area contributed by atoms with Crippen LogP contribution >= 0.6 is 0 Å². The summed E-state index contributed by atoms with van der Waals surface area (Å²) in [5, 5.41) is 12.4. The van der Waals surface area contributed by atoms with Crippen molar-refractivity contribution in [3.63, 3.8) is 0 Å². The van der Waals surface area contributed by atoms with Crippen molar-refractivity contribution >= 4 is 5.97 Å². The van der Waals surface area contributed by atoms with E-state index in [1.54, 1.807) is 6.07 Å². The second-order valence-corrected chi connectivity index (χ2v) is 5.46. The Hall–Kier alpha value is -1.49. The molecule has 0 spiro atoms. The third kappa shape index (κ3) is 3.54. The normalized spacial score (nSPS) is 24.4. The van der Waals surface area contributed by atoms with Crippen LogP contribution in [-0.2, 0) is 4.79 Å². The maximum atomic E-state index is 13.2. The van der Waals surface area contributed by atoms with Crippen LogP contribution in [0.3, 0.4) is 0 Å². The van der Waals surface area contributed by atoms with Gasteiger partial charge in [0.05, 0.1) is 5.92 Å². The van der Waals surface area contributed by atoms with E-state index in [-0.39, 0.29) is 18.0 Å². The van der Waals surface area contributed by atoms with E-state index in [9.17, 15) is 13.6 Å². The van der Waals surface area contributed by atoms with Crippen molar-refractivity contribution < 1.29 is 18.7 Å². The Labute approximate surface area is 117 Å². The van der Waals surface area contributed by atoms with Crippen molar-refractivity contribution in [3.05, 3.63) is 35.4 Å². The summed E-state index contributed by atoms with van der Waals surface area (Å²) in [5.74, 6) is -2.77. The van der Waals surface area contributed by atoms with Crippen molar-refractivity contribution in [2.75, 3.05) is 0 Å². The highest BCUT2D eigenvalue weighted by Gasteiger charge is 2.27. The molecule has 2 N–H and O–H groups in total. The summed E-state index contributed by atoms with van der Waals surface area (Å²) in [6, 6.07) is 3.82. The minimum absolute atomic E-state index is 0.105. The number of halogens is 2. The van der Waals surface area contributed by atoms with Gasteiger partial charge in [-0.2, -0.15) is 0 Å². The van der Waals surface area contributed by atoms with Crippen LogP contribution in [0.1, 0.15) is 44.2 Å². The number of aliphatic carboxylic acids is 1. The minimum atomic E-state index is -0.858. The van der Waals surface area contributed by atoms with Crippen LogP contribution in [0.4, 0.5) is 8.78 Å². The standard InChI is InChI=1S/C15H19F2NO2/c1-9(10-5-6-13(16)14(17)8-10)18-12-4-2-3-11(7-12)15(19)20/h5-6,8-9,11-12,18H,2-4,7H2,1H3,(H,19,20). The number of rotatable bonds is 4. The molecule has 1 aromatic rings. The van der Waals surface area contributed by atoms with Gasteiger partial charge >= 0.3 is 5.97 Å². The fourth-order valence-corrected chi connectivity index (χ4v) is 2.80. The summed E-state index contributed by atoms with van der Waals surface area (Å²) >= 11 is 0. The number of carboxylic acids is 1. The molecule has 20 heavy (non-hydrogen) atoms. The highest BCUT2D eigenvalue weighted by Crippen LogP contribution is 2.26. The zero-order valence-corrected chi connectivity index (χ0v) is 11.4. The second-order valence-electron chi connectivity index (χ2n) is 5.46. The van der Waals surface area contributed by atoms with Gasteiger partial charge in [-0.15, -0.1) is 0 Å². The summed E-state index contributed by atoms with van der Waals surface area (Å²) in [7, 11) is 0. The first-order chi connectivity index (χ1) is 9.47. The smallest absolute Gasteiger partial charge is 0.306 e. The Kier molecular flexibility index (Phi) is 4.70. The van der Waals surface area contributed by atoms with Crippen molar-refractivity contribution in [1.29, 1.82) is 0 Å². The van der Waals surface area contributed by atoms with Gasteiger partial charge < -0.3 is 10.4 Å². The zero-order chi connectivity index (χ0) is 14.7. The van der Waals surface area contributed by atoms with Gasteiger partial charge in [-0.25, -0.2) is 8.78 Å². The molecule has 0 saturated heterocycles. The number of benzene rings is 1. The Balaban J connectivity index is 1.98. The Morgan fingerprint density at radius 3 is 2.75 bits per heavy atom. The molecule has 0 bridgehead atoms. The van der Waals surface area contributed by atoms with E-state index in [0.29, 0.717) is 18.4 Å². The molecule has 1 aliphatic rings. The molecule has 110 valence electrons. The lowest BCUT2D eigenvalue weighted by atomic mass is 9.85. The van der Waals surface area contributed by atoms with E-state index in [1.165, 1.54) is 6.07 Å². The molecule has 5 heteroatoms. The average Bonchev–Trinajstić information content (AvgIpc) is 2.42. The number of carboxylic acid groups (broad SMARTS) is 1. The fraction of sp³-hybridized carbons (Fsp3) is 0.533. The van der Waals surface area contributed by atoms with Gasteiger partial charge in [0, 0.05) is 12.1 Å². The lowest BCUT2D eigenvalue weighted by molar-refractivity contribution is -0.143. The highest BCUT2D eigenvalue weighted by atomic mass is 19.2. The molecule has 1 aliphatic carbocycles. The van der Waals surface area contributed by atoms with Gasteiger partial charge in [-0.1, -0.05) is 12.5 Å². The van der Waals surface area contributed by atoms with Crippen LogP contribution in [-0.4, -0.2) is 17.1 Å². The fourth-order valence-electron chi connectivity index (χ4n) is 2.80. The van der Waals surface area contributed by atoms with Gasteiger partial charge in [-0.05, 0) is 43.9 Å². The van der Waals surface area contributed by atoms with Crippen LogP contribution in [0.2, 0.25) is 0 Å². The van der Waals surface area contributed by atoms with Crippen LogP contribution in [0, 0.1) is 17.6 Å². The Morgan fingerprint density at radius 1 is 1.35 bits per heavy atom. The summed E-state index contributed by atoms with van der Waals surface area (Å²) < 4.78 is 26.1. The SMILES string of the molecule is CC(NC1CCCC(C(=O)O)C1)c1ccc(F)c(F)c1. The predicted octanol–water partition coefficient (Wildman–Crippen LogP) is 3.26. The summed E-state index contributed by atoms with van der Waals surface area (Å²) in [4.78, 5) is 11.0. The van der Waals surface area contributed by atoms with Gasteiger partial charge in [0.1, 0.15) is 0 Å². The average molecular weight is 283 g/mol. The monoisotopic (exact) mass is 283 g/mol. The van der Waals surface area contributed by atoms with E-state index < -0.39 is 17.6 Å². The van der Waals surface area contributed by atoms with E-state index in [2.05, 4.69) is 5.32 Å². The molecule has 0 heterocycles. The summed E-state index contributed by atoms with van der Waals surface area (Å²) in [6.07, 6.45) is 3.09. The molecular formula is C15H19F2NO2. The Morgan fingerprint density at radius 2 is 2.10 bits per heavy atom. The zero-order valence-electron chi connectivity index (χ0n) is 11.4. The van der Waals surface area contributed by atoms with Crippen LogP contribution in [0.25, 0.3) is 0 Å². The first-order valence-electron chi connectivity index (χ1n) is 6.91. The first-order valence-corrected chi connectivity index (χ1v) is 6.91. The largest absolute Gasteiger partial charge is 0.481 e. The molecule has 2 rings (SSSR count). The topological polar surface area (TPSA) is 49.3 Å². The number of carbonyl (C=O) groups is 1. The Bertz CT molecular complexity index is 493. The van der Waals surface area contributed by atoms with Crippen molar-refractivity contribution in [1.82, 2.24) is 5.32 Å². The number of hydrogen-bond acceptors (Lipinski definition) is 2. The molecule has 3 atom stereocenters. The summed E-state index contributed by atoms with van der Waals surface area (Å²) in [5.41, 5.74) is 0.668. The maximum Gasteiger partial charge on any atom is 0.306 e. The van der Waals surface area contributed by atoms with Crippen LogP contribution in [0.5, 0.6) is 0 Å². The molecule has 3 nitrogen and oxygen atoms in total. The van der Waals surface area contributed by atoms with E-state index in [1.807, 2.05) is 6.92 Å². The van der Waals surface area contributed by atoms with Crippen molar-refractivity contribution in [3.8, 4) is 0 Å². The lowest BCUT2D eigenvalue weighted by Crippen LogP contribution is -2.37. The molecule has 0 radical (unpaired) electrons. The van der Waals surface area contributed by atoms with E-state index >= 15 is 0 Å². The molecule has 1 aromatic carbocycles. The molecular weight excluding hydrogens is 264 g/mol. The lowest BCUT2D eigenvalue weighted by Gasteiger charge is -2.30. The van der Waals surface area contributed by atoms with E-state index in [4.69, 9.17) is 5.11 Å². The van der Waals surface area contributed by atoms with Gasteiger partial charge in [-0.3, -0.25) is 4.79 Å². The third-order valence-electron chi connectivity index (χ3n) is 3.95. The number of nitrogens with one attached hydrogen (secondary N) is 1. The van der Waals surface area contributed by atoms with Gasteiger partial charge in [0.15, 0.2) is 11.6 Å². The molecule has 1 fully saturated rings. The van der Waals surface area contributed by atoms with Crippen molar-refractivity contribution in [2.45, 2.75) is 44.7 Å². The molecule has 0 aliphatic heterocycles. The van der Waals surface area contributed by atoms with Crippen molar-refractivity contribution in [2.24, 2.45) is 5.92 Å². The van der Waals surface area contributed by atoms with Gasteiger partial charge in [0.2, 0.25) is 0 Å². The maximum absolute atomic E-state index is 13.2. The highest BCUT2D eigenvalue weighted by molar-refractivity contribution is 5.70. The van der Waals surface area contributed by atoms with Crippen LogP contribution in [0.15, 0.2) is 18.2 Å². The number of hydrogen-bond donors (Lipinski definition) is 2. The van der Waals surface area contributed by atoms with Crippen LogP contribution < -0.4 is 5.32 Å².